The predicted molar refractivity (Wildman–Crippen MR) is 97.2 cm³/mol. The van der Waals surface area contributed by atoms with Gasteiger partial charge in [0.2, 0.25) is 0 Å². The molecule has 6 nitrogen and oxygen atoms in total. The van der Waals surface area contributed by atoms with E-state index in [1.165, 1.54) is 11.1 Å². The number of aliphatic hydroxyl groups is 1. The number of H-pyrrole nitrogens is 1. The topological polar surface area (TPSA) is 73.4 Å². The lowest BCUT2D eigenvalue weighted by Gasteiger charge is -2.25. The van der Waals surface area contributed by atoms with Gasteiger partial charge in [-0.25, -0.2) is 0 Å². The number of aryl methyl sites for hydroxylation is 1. The minimum atomic E-state index is -0.683. The van der Waals surface area contributed by atoms with Gasteiger partial charge in [-0.15, -0.1) is 0 Å². The van der Waals surface area contributed by atoms with Crippen molar-refractivity contribution in [2.45, 2.75) is 19.8 Å². The number of benzene rings is 2. The first-order chi connectivity index (χ1) is 12.2. The summed E-state index contributed by atoms with van der Waals surface area (Å²) in [7, 11) is 1.75. The predicted octanol–water partition coefficient (Wildman–Crippen LogP) is 2.23. The second kappa shape index (κ2) is 6.48. The van der Waals surface area contributed by atoms with Crippen LogP contribution in [0, 0.1) is 6.92 Å². The number of rotatable bonds is 3. The Balaban J connectivity index is 1.79. The molecule has 1 aromatic heterocycles. The van der Waals surface area contributed by atoms with Crippen molar-refractivity contribution < 1.29 is 9.84 Å². The Morgan fingerprint density at radius 2 is 2.20 bits per heavy atom. The number of ether oxygens (including phenoxy) is 1. The summed E-state index contributed by atoms with van der Waals surface area (Å²) < 4.78 is 5.87. The van der Waals surface area contributed by atoms with Crippen LogP contribution in [-0.4, -0.2) is 46.8 Å². The molecule has 25 heavy (non-hydrogen) atoms. The van der Waals surface area contributed by atoms with Gasteiger partial charge in [-0.1, -0.05) is 12.1 Å². The van der Waals surface area contributed by atoms with Crippen LogP contribution in [-0.2, 0) is 6.54 Å². The highest BCUT2D eigenvalue weighted by molar-refractivity contribution is 5.96. The van der Waals surface area contributed by atoms with Gasteiger partial charge in [0.25, 0.3) is 0 Å². The number of fused-ring (bicyclic) bond motifs is 2. The van der Waals surface area contributed by atoms with Crippen LogP contribution >= 0.6 is 0 Å². The molecular formula is C19H22N4O2. The van der Waals surface area contributed by atoms with Crippen molar-refractivity contribution in [3.05, 3.63) is 47.7 Å². The molecule has 2 heterocycles. The summed E-state index contributed by atoms with van der Waals surface area (Å²) in [6.07, 6.45) is 1.19. The molecule has 3 aromatic rings. The van der Waals surface area contributed by atoms with Crippen LogP contribution in [0.4, 0.5) is 0 Å². The maximum absolute atomic E-state index is 10.1. The summed E-state index contributed by atoms with van der Waals surface area (Å²) >= 11 is 0. The van der Waals surface area contributed by atoms with Gasteiger partial charge in [0.1, 0.15) is 12.4 Å². The average molecular weight is 338 g/mol. The monoisotopic (exact) mass is 338 g/mol. The van der Waals surface area contributed by atoms with E-state index in [0.717, 1.165) is 27.8 Å². The van der Waals surface area contributed by atoms with Gasteiger partial charge in [-0.3, -0.25) is 15.3 Å². The van der Waals surface area contributed by atoms with Gasteiger partial charge in [0.05, 0.1) is 11.7 Å². The number of nitrogens with one attached hydrogen (secondary N) is 2. The van der Waals surface area contributed by atoms with Crippen molar-refractivity contribution >= 4 is 10.9 Å². The van der Waals surface area contributed by atoms with Gasteiger partial charge in [0.15, 0.2) is 6.35 Å². The maximum atomic E-state index is 10.1. The lowest BCUT2D eigenvalue weighted by Crippen LogP contribution is -2.44. The smallest absolute Gasteiger partial charge is 0.163 e. The molecule has 0 amide bonds. The second-order valence-electron chi connectivity index (χ2n) is 6.39. The van der Waals surface area contributed by atoms with Gasteiger partial charge >= 0.3 is 0 Å². The fourth-order valence-corrected chi connectivity index (χ4v) is 3.47. The quantitative estimate of drug-likeness (QED) is 0.639. The lowest BCUT2D eigenvalue weighted by atomic mass is 9.95. The molecule has 4 rings (SSSR count). The van der Waals surface area contributed by atoms with E-state index in [2.05, 4.69) is 46.7 Å². The molecule has 0 radical (unpaired) electrons. The highest BCUT2D eigenvalue weighted by Gasteiger charge is 2.21. The summed E-state index contributed by atoms with van der Waals surface area (Å²) in [5, 5.41) is 21.3. The van der Waals surface area contributed by atoms with Crippen LogP contribution in [0.3, 0.4) is 0 Å². The van der Waals surface area contributed by atoms with Crippen molar-refractivity contribution in [1.82, 2.24) is 20.4 Å². The summed E-state index contributed by atoms with van der Waals surface area (Å²) in [6.45, 7) is 3.97. The van der Waals surface area contributed by atoms with Gasteiger partial charge < -0.3 is 9.84 Å². The number of aromatic amines is 1. The third-order valence-corrected chi connectivity index (χ3v) is 4.80. The fraction of sp³-hybridized carbons (Fsp3) is 0.316. The third kappa shape index (κ3) is 2.89. The van der Waals surface area contributed by atoms with Crippen molar-refractivity contribution in [2.75, 3.05) is 20.2 Å². The SMILES string of the molecule is CNC(O)N1CCOc2ccc(-c3c(C)ccc4[nH]ncc34)cc2C1. The zero-order valence-corrected chi connectivity index (χ0v) is 14.4. The van der Waals surface area contributed by atoms with E-state index in [1.807, 2.05) is 17.2 Å². The van der Waals surface area contributed by atoms with Gasteiger partial charge in [-0.05, 0) is 48.9 Å². The molecule has 0 bridgehead atoms. The number of hydrogen-bond acceptors (Lipinski definition) is 5. The minimum absolute atomic E-state index is 0.557. The Labute approximate surface area is 146 Å². The molecule has 3 N–H and O–H groups in total. The van der Waals surface area contributed by atoms with Crippen LogP contribution in [0.2, 0.25) is 0 Å². The zero-order chi connectivity index (χ0) is 17.4. The summed E-state index contributed by atoms with van der Waals surface area (Å²) in [5.74, 6) is 0.881. The van der Waals surface area contributed by atoms with E-state index in [-0.39, 0.29) is 0 Å². The summed E-state index contributed by atoms with van der Waals surface area (Å²) in [4.78, 5) is 1.96. The standard InChI is InChI=1S/C19H22N4O2/c1-12-3-5-16-15(10-21-22-16)18(12)13-4-6-17-14(9-13)11-23(7-8-25-17)19(24)20-2/h3-6,9-10,19-20,24H,7-8,11H2,1-2H3,(H,21,22). The van der Waals surface area contributed by atoms with Gasteiger partial charge in [-0.2, -0.15) is 5.10 Å². The van der Waals surface area contributed by atoms with E-state index in [4.69, 9.17) is 4.74 Å². The maximum Gasteiger partial charge on any atom is 0.163 e. The lowest BCUT2D eigenvalue weighted by molar-refractivity contribution is -0.0239. The summed E-state index contributed by atoms with van der Waals surface area (Å²) in [5.41, 5.74) is 5.62. The Kier molecular flexibility index (Phi) is 4.17. The number of aromatic nitrogens is 2. The van der Waals surface area contributed by atoms with E-state index in [1.54, 1.807) is 7.05 Å². The number of aliphatic hydroxyl groups excluding tert-OH is 1. The highest BCUT2D eigenvalue weighted by atomic mass is 16.5. The number of nitrogens with zero attached hydrogens (tertiary/aromatic N) is 2. The van der Waals surface area contributed by atoms with Crippen LogP contribution in [0.1, 0.15) is 11.1 Å². The Morgan fingerprint density at radius 1 is 1.32 bits per heavy atom. The highest BCUT2D eigenvalue weighted by Crippen LogP contribution is 2.34. The average Bonchev–Trinajstić information content (AvgIpc) is 2.99. The van der Waals surface area contributed by atoms with E-state index < -0.39 is 6.35 Å². The van der Waals surface area contributed by atoms with E-state index in [9.17, 15) is 5.11 Å². The van der Waals surface area contributed by atoms with Crippen LogP contribution in [0.25, 0.3) is 22.0 Å². The molecule has 6 heteroatoms. The molecular weight excluding hydrogens is 316 g/mol. The van der Waals surface area contributed by atoms with Crippen molar-refractivity contribution in [3.8, 4) is 16.9 Å². The molecule has 1 atom stereocenters. The van der Waals surface area contributed by atoms with Crippen LogP contribution < -0.4 is 10.1 Å². The number of hydrogen-bond donors (Lipinski definition) is 3. The van der Waals surface area contributed by atoms with Crippen LogP contribution in [0.15, 0.2) is 36.5 Å². The van der Waals surface area contributed by atoms with E-state index >= 15 is 0 Å². The fourth-order valence-electron chi connectivity index (χ4n) is 3.47. The Hall–Kier alpha value is -2.41. The minimum Gasteiger partial charge on any atom is -0.492 e. The molecule has 0 aliphatic carbocycles. The first-order valence-corrected chi connectivity index (χ1v) is 8.45. The van der Waals surface area contributed by atoms with Gasteiger partial charge in [0, 0.05) is 24.0 Å². The van der Waals surface area contributed by atoms with E-state index in [0.29, 0.717) is 19.7 Å². The second-order valence-corrected chi connectivity index (χ2v) is 6.39. The largest absolute Gasteiger partial charge is 0.492 e. The molecule has 1 aliphatic heterocycles. The Morgan fingerprint density at radius 3 is 3.04 bits per heavy atom. The van der Waals surface area contributed by atoms with Crippen LogP contribution in [0.5, 0.6) is 5.75 Å². The first-order valence-electron chi connectivity index (χ1n) is 8.45. The summed E-state index contributed by atoms with van der Waals surface area (Å²) in [6, 6.07) is 10.4. The molecule has 0 spiro atoms. The van der Waals surface area contributed by atoms with Crippen molar-refractivity contribution in [1.29, 1.82) is 0 Å². The molecule has 130 valence electrons. The Bertz CT molecular complexity index is 906. The third-order valence-electron chi connectivity index (χ3n) is 4.80. The molecule has 0 saturated carbocycles. The molecule has 2 aromatic carbocycles. The zero-order valence-electron chi connectivity index (χ0n) is 14.4. The molecule has 1 aliphatic rings. The normalized spacial score (nSPS) is 16.3. The molecule has 1 unspecified atom stereocenters. The molecule has 0 saturated heterocycles. The molecule has 0 fully saturated rings. The van der Waals surface area contributed by atoms with Crippen molar-refractivity contribution in [2.24, 2.45) is 0 Å². The first kappa shape index (κ1) is 16.1. The van der Waals surface area contributed by atoms with Crippen molar-refractivity contribution in [3.63, 3.8) is 0 Å².